The van der Waals surface area contributed by atoms with Gasteiger partial charge in [-0.05, 0) is 85.4 Å². The van der Waals surface area contributed by atoms with Crippen molar-refractivity contribution >= 4 is 47.8 Å². The molecule has 0 radical (unpaired) electrons. The van der Waals surface area contributed by atoms with Gasteiger partial charge in [0, 0.05) is 29.6 Å². The number of carbonyl (C=O) groups excluding carboxylic acids is 2. The van der Waals surface area contributed by atoms with Crippen LogP contribution in [0.15, 0.2) is 50.7 Å². The molecule has 0 aliphatic rings. The summed E-state index contributed by atoms with van der Waals surface area (Å²) in [7, 11) is -7.06. The maximum Gasteiger partial charge on any atom is 0.241 e. The molecule has 2 amide bonds. The zero-order chi connectivity index (χ0) is 30.7. The highest BCUT2D eigenvalue weighted by molar-refractivity contribution is 9.10. The van der Waals surface area contributed by atoms with Gasteiger partial charge in [0.05, 0.1) is 22.6 Å². The lowest BCUT2D eigenvalue weighted by Gasteiger charge is -2.11. The zero-order valence-corrected chi connectivity index (χ0v) is 27.3. The van der Waals surface area contributed by atoms with E-state index in [4.69, 9.17) is 0 Å². The fraction of sp³-hybridized carbons (Fsp3) is 0.481. The molecule has 2 aromatic rings. The van der Waals surface area contributed by atoms with Gasteiger partial charge in [0.1, 0.15) is 0 Å². The Bertz CT molecular complexity index is 1270. The van der Waals surface area contributed by atoms with E-state index in [1.54, 1.807) is 51.1 Å². The van der Waals surface area contributed by atoms with Crippen molar-refractivity contribution in [3.05, 3.63) is 57.6 Å². The highest BCUT2D eigenvalue weighted by atomic mass is 79.9. The molecule has 224 valence electrons. The highest BCUT2D eigenvalue weighted by Gasteiger charge is 2.19. The largest absolute Gasteiger partial charge is 0.354 e. The van der Waals surface area contributed by atoms with Gasteiger partial charge in [0.25, 0.3) is 0 Å². The molecule has 0 aliphatic heterocycles. The van der Waals surface area contributed by atoms with Crippen LogP contribution in [-0.4, -0.2) is 53.8 Å². The monoisotopic (exact) mass is 660 g/mol. The van der Waals surface area contributed by atoms with Crippen molar-refractivity contribution in [2.75, 3.05) is 13.1 Å². The molecule has 0 unspecified atom stereocenters. The van der Waals surface area contributed by atoms with E-state index in [1.807, 2.05) is 27.7 Å². The van der Waals surface area contributed by atoms with Gasteiger partial charge in [-0.15, -0.1) is 0 Å². The molecule has 0 aliphatic carbocycles. The first-order chi connectivity index (χ1) is 18.5. The van der Waals surface area contributed by atoms with E-state index in [2.05, 4.69) is 36.0 Å². The van der Waals surface area contributed by atoms with Crippen molar-refractivity contribution in [2.24, 2.45) is 0 Å². The molecular weight excluding hydrogens is 620 g/mol. The summed E-state index contributed by atoms with van der Waals surface area (Å²) in [6.07, 6.45) is 0.327. The second-order valence-electron chi connectivity index (χ2n) is 9.67. The second-order valence-corrected chi connectivity index (χ2v) is 14.0. The van der Waals surface area contributed by atoms with Crippen LogP contribution in [-0.2, 0) is 42.5 Å². The van der Waals surface area contributed by atoms with E-state index in [1.165, 1.54) is 6.07 Å². The van der Waals surface area contributed by atoms with Crippen molar-refractivity contribution in [1.82, 2.24) is 20.1 Å². The Balaban J connectivity index is 0.000000400. The molecule has 2 aromatic carbocycles. The van der Waals surface area contributed by atoms with Gasteiger partial charge in [-0.2, -0.15) is 0 Å². The van der Waals surface area contributed by atoms with Crippen molar-refractivity contribution < 1.29 is 26.4 Å². The zero-order valence-electron chi connectivity index (χ0n) is 24.1. The molecule has 4 N–H and O–H groups in total. The number of amides is 2. The van der Waals surface area contributed by atoms with Gasteiger partial charge < -0.3 is 10.6 Å². The highest BCUT2D eigenvalue weighted by Crippen LogP contribution is 2.23. The Labute approximate surface area is 247 Å². The van der Waals surface area contributed by atoms with Crippen LogP contribution >= 0.6 is 15.9 Å². The number of hydrogen-bond donors (Lipinski definition) is 4. The van der Waals surface area contributed by atoms with E-state index in [-0.39, 0.29) is 46.5 Å². The minimum Gasteiger partial charge on any atom is -0.354 e. The Morgan fingerprint density at radius 3 is 1.55 bits per heavy atom. The smallest absolute Gasteiger partial charge is 0.241 e. The van der Waals surface area contributed by atoms with Crippen LogP contribution in [0, 0.1) is 6.92 Å². The summed E-state index contributed by atoms with van der Waals surface area (Å²) in [4.78, 5) is 23.8. The Morgan fingerprint density at radius 2 is 1.12 bits per heavy atom. The van der Waals surface area contributed by atoms with E-state index in [0.717, 1.165) is 0 Å². The third kappa shape index (κ3) is 12.0. The number of halogens is 1. The van der Waals surface area contributed by atoms with Crippen LogP contribution in [0.3, 0.4) is 0 Å². The first kappa shape index (κ1) is 35.7. The minimum atomic E-state index is -3.55. The Kier molecular flexibility index (Phi) is 14.5. The summed E-state index contributed by atoms with van der Waals surface area (Å²) in [5.41, 5.74) is 2.01. The summed E-state index contributed by atoms with van der Waals surface area (Å²) in [6, 6.07) is 10.1. The molecule has 13 heteroatoms. The van der Waals surface area contributed by atoms with Crippen LogP contribution in [0.4, 0.5) is 0 Å². The number of carbonyl (C=O) groups is 2. The molecule has 0 saturated heterocycles. The van der Waals surface area contributed by atoms with Crippen molar-refractivity contribution in [3.8, 4) is 0 Å². The van der Waals surface area contributed by atoms with Crippen LogP contribution in [0.1, 0.15) is 58.2 Å². The molecule has 10 nitrogen and oxygen atoms in total. The summed E-state index contributed by atoms with van der Waals surface area (Å²) >= 11 is 3.22. The molecule has 0 fully saturated rings. The number of hydrogen-bond acceptors (Lipinski definition) is 6. The van der Waals surface area contributed by atoms with Gasteiger partial charge in [0.2, 0.25) is 31.9 Å². The molecule has 0 saturated carbocycles. The molecule has 0 atom stereocenters. The molecule has 0 bridgehead atoms. The number of nitrogens with one attached hydrogen (secondary N) is 4. The van der Waals surface area contributed by atoms with E-state index in [0.29, 0.717) is 34.3 Å². The predicted molar refractivity (Wildman–Crippen MR) is 161 cm³/mol. The Morgan fingerprint density at radius 1 is 0.725 bits per heavy atom. The maximum absolute atomic E-state index is 12.1. The van der Waals surface area contributed by atoms with Gasteiger partial charge in [-0.3, -0.25) is 9.59 Å². The first-order valence-corrected chi connectivity index (χ1v) is 16.7. The van der Waals surface area contributed by atoms with Crippen molar-refractivity contribution in [1.29, 1.82) is 0 Å². The van der Waals surface area contributed by atoms with Crippen molar-refractivity contribution in [3.63, 3.8) is 0 Å². The SMILES string of the molecule is CCNS(=O)(=O)c1cc(CC(=O)NC(C)C)ccc1Br.CCNS(=O)(=O)c1cc(CC(=O)NC(C)C)ccc1C. The van der Waals surface area contributed by atoms with Crippen LogP contribution in [0.25, 0.3) is 0 Å². The minimum absolute atomic E-state index is 0.0582. The lowest BCUT2D eigenvalue weighted by atomic mass is 10.1. The third-order valence-electron chi connectivity index (χ3n) is 5.12. The van der Waals surface area contributed by atoms with E-state index in [9.17, 15) is 26.4 Å². The van der Waals surface area contributed by atoms with Gasteiger partial charge >= 0.3 is 0 Å². The average Bonchev–Trinajstić information content (AvgIpc) is 2.80. The number of benzene rings is 2. The third-order valence-corrected chi connectivity index (χ3v) is 9.35. The van der Waals surface area contributed by atoms with Gasteiger partial charge in [-0.25, -0.2) is 26.3 Å². The summed E-state index contributed by atoms with van der Waals surface area (Å²) in [6.45, 7) is 13.3. The topological polar surface area (TPSA) is 151 Å². The molecule has 0 spiro atoms. The fourth-order valence-corrected chi connectivity index (χ4v) is 6.95. The van der Waals surface area contributed by atoms with Gasteiger partial charge in [0.15, 0.2) is 0 Å². The second kappa shape index (κ2) is 16.2. The quantitative estimate of drug-likeness (QED) is 0.275. The lowest BCUT2D eigenvalue weighted by Crippen LogP contribution is -2.31. The van der Waals surface area contributed by atoms with Crippen LogP contribution in [0.5, 0.6) is 0 Å². The number of aryl methyl sites for hydroxylation is 1. The summed E-state index contributed by atoms with van der Waals surface area (Å²) < 4.78 is 53.5. The van der Waals surface area contributed by atoms with Gasteiger partial charge in [-0.1, -0.05) is 32.0 Å². The summed E-state index contributed by atoms with van der Waals surface area (Å²) in [5, 5.41) is 5.56. The lowest BCUT2D eigenvalue weighted by molar-refractivity contribution is -0.121. The molecule has 40 heavy (non-hydrogen) atoms. The average molecular weight is 662 g/mol. The molecule has 0 aromatic heterocycles. The Hall–Kier alpha value is -2.32. The van der Waals surface area contributed by atoms with Crippen LogP contribution in [0.2, 0.25) is 0 Å². The fourth-order valence-electron chi connectivity index (χ4n) is 3.56. The molecule has 2 rings (SSSR count). The number of sulfonamides is 2. The molecule has 0 heterocycles. The van der Waals surface area contributed by atoms with E-state index >= 15 is 0 Å². The standard InChI is InChI=1S/C14H22N2O3S.C13H19BrN2O3S/c1-5-15-20(18,19)13-8-12(7-6-11(13)4)9-14(17)16-10(2)3;1-4-15-20(18,19)12-7-10(5-6-11(12)14)8-13(17)16-9(2)3/h6-8,10,15H,5,9H2,1-4H3,(H,16,17);5-7,9,15H,4,8H2,1-3H3,(H,16,17). The first-order valence-electron chi connectivity index (χ1n) is 13.0. The number of rotatable bonds is 12. The summed E-state index contributed by atoms with van der Waals surface area (Å²) in [5.74, 6) is -0.246. The molecular formula is C27H41BrN4O6S2. The van der Waals surface area contributed by atoms with Crippen LogP contribution < -0.4 is 20.1 Å². The maximum atomic E-state index is 12.1. The van der Waals surface area contributed by atoms with E-state index < -0.39 is 20.0 Å². The normalized spacial score (nSPS) is 11.7. The predicted octanol–water partition coefficient (Wildman–Crippen LogP) is 3.17. The van der Waals surface area contributed by atoms with Crippen molar-refractivity contribution in [2.45, 2.75) is 83.2 Å².